The molecule has 7 nitrogen and oxygen atoms in total. The second-order valence-corrected chi connectivity index (χ2v) is 8.92. The molecule has 4 heterocycles. The van der Waals surface area contributed by atoms with Crippen molar-refractivity contribution in [1.82, 2.24) is 14.3 Å². The third kappa shape index (κ3) is 3.53. The summed E-state index contributed by atoms with van der Waals surface area (Å²) in [6.45, 7) is 7.08. The Kier molecular flexibility index (Phi) is 4.85. The van der Waals surface area contributed by atoms with Crippen LogP contribution in [-0.4, -0.2) is 46.4 Å². The van der Waals surface area contributed by atoms with E-state index in [1.165, 1.54) is 12.8 Å². The van der Waals surface area contributed by atoms with E-state index in [0.717, 1.165) is 53.7 Å². The minimum Gasteiger partial charge on any atom is -0.479 e. The van der Waals surface area contributed by atoms with Gasteiger partial charge < -0.3 is 19.8 Å². The summed E-state index contributed by atoms with van der Waals surface area (Å²) in [7, 11) is 1.80. The number of fused-ring (bicyclic) bond motifs is 2. The number of pyridine rings is 1. The van der Waals surface area contributed by atoms with Crippen LogP contribution in [0.2, 0.25) is 0 Å². The molecule has 2 unspecified atom stereocenters. The van der Waals surface area contributed by atoms with Crippen molar-refractivity contribution in [2.45, 2.75) is 39.3 Å². The fourth-order valence-corrected chi connectivity index (χ4v) is 4.79. The van der Waals surface area contributed by atoms with Crippen molar-refractivity contribution in [3.63, 3.8) is 0 Å². The number of amides is 1. The van der Waals surface area contributed by atoms with Crippen molar-refractivity contribution >= 4 is 22.9 Å². The third-order valence-electron chi connectivity index (χ3n) is 6.43. The summed E-state index contributed by atoms with van der Waals surface area (Å²) < 4.78 is 7.91. The average molecular weight is 420 g/mol. The third-order valence-corrected chi connectivity index (χ3v) is 6.43. The summed E-state index contributed by atoms with van der Waals surface area (Å²) in [4.78, 5) is 21.6. The van der Waals surface area contributed by atoms with Crippen molar-refractivity contribution in [3.8, 4) is 17.0 Å². The molecule has 0 spiro atoms. The molecule has 1 saturated heterocycles. The number of anilines is 2. The van der Waals surface area contributed by atoms with Crippen LogP contribution in [0.15, 0.2) is 36.5 Å². The highest BCUT2D eigenvalue weighted by molar-refractivity contribution is 6.00. The highest BCUT2D eigenvalue weighted by Crippen LogP contribution is 2.38. The zero-order chi connectivity index (χ0) is 21.7. The first-order valence-corrected chi connectivity index (χ1v) is 11.0. The smallest absolute Gasteiger partial charge is 0.267 e. The summed E-state index contributed by atoms with van der Waals surface area (Å²) in [5, 5.41) is 0. The van der Waals surface area contributed by atoms with Crippen molar-refractivity contribution in [2.24, 2.45) is 5.92 Å². The van der Waals surface area contributed by atoms with E-state index in [1.54, 1.807) is 18.9 Å². The van der Waals surface area contributed by atoms with Gasteiger partial charge in [0, 0.05) is 37.6 Å². The Morgan fingerprint density at radius 2 is 2.06 bits per heavy atom. The first-order valence-electron chi connectivity index (χ1n) is 11.0. The number of carbonyl (C=O) groups excluding carboxylic acids is 1. The number of piperidine rings is 1. The standard InChI is InChI=1S/C24H29N5O2/c1-15-5-4-10-28(12-15)14-20-23(26-22-9-7-18(25)13-29(20)22)17-6-8-21-19(11-17)27(3)24(30)16(2)31-21/h6-9,11,13,15-16H,4-5,10,12,14,25H2,1-3H3. The molecular formula is C24H29N5O2. The molecule has 162 valence electrons. The van der Waals surface area contributed by atoms with Crippen LogP contribution < -0.4 is 15.4 Å². The molecular weight excluding hydrogens is 390 g/mol. The molecule has 7 heteroatoms. The Bertz CT molecular complexity index is 1150. The number of likely N-dealkylation sites (N-methyl/N-ethyl adjacent to an activating group) is 1. The fourth-order valence-electron chi connectivity index (χ4n) is 4.79. The highest BCUT2D eigenvalue weighted by Gasteiger charge is 2.30. The normalized spacial score (nSPS) is 21.9. The van der Waals surface area contributed by atoms with Gasteiger partial charge in [0.15, 0.2) is 6.10 Å². The number of aromatic nitrogens is 2. The van der Waals surface area contributed by atoms with Gasteiger partial charge in [-0.2, -0.15) is 0 Å². The number of imidazole rings is 1. The van der Waals surface area contributed by atoms with E-state index in [9.17, 15) is 4.79 Å². The topological polar surface area (TPSA) is 76.1 Å². The Hall–Kier alpha value is -3.06. The molecule has 2 aromatic heterocycles. The summed E-state index contributed by atoms with van der Waals surface area (Å²) in [6, 6.07) is 9.82. The van der Waals surface area contributed by atoms with Crippen molar-refractivity contribution in [2.75, 3.05) is 30.8 Å². The summed E-state index contributed by atoms with van der Waals surface area (Å²) >= 11 is 0. The molecule has 1 amide bonds. The van der Waals surface area contributed by atoms with Gasteiger partial charge >= 0.3 is 0 Å². The average Bonchev–Trinajstić information content (AvgIpc) is 3.09. The van der Waals surface area contributed by atoms with Crippen LogP contribution in [0.25, 0.3) is 16.9 Å². The first-order chi connectivity index (χ1) is 14.9. The van der Waals surface area contributed by atoms with Crippen LogP contribution in [0.5, 0.6) is 5.75 Å². The number of carbonyl (C=O) groups is 1. The number of rotatable bonds is 3. The van der Waals surface area contributed by atoms with Gasteiger partial charge in [0.1, 0.15) is 11.4 Å². The van der Waals surface area contributed by atoms with E-state index in [-0.39, 0.29) is 5.91 Å². The predicted octanol–water partition coefficient (Wildman–Crippen LogP) is 3.56. The van der Waals surface area contributed by atoms with E-state index in [1.807, 2.05) is 36.5 Å². The molecule has 5 rings (SSSR count). The molecule has 1 fully saturated rings. The Morgan fingerprint density at radius 1 is 1.23 bits per heavy atom. The number of likely N-dealkylation sites (tertiary alicyclic amines) is 1. The lowest BCUT2D eigenvalue weighted by Crippen LogP contribution is -2.41. The van der Waals surface area contributed by atoms with Crippen LogP contribution >= 0.6 is 0 Å². The van der Waals surface area contributed by atoms with Crippen LogP contribution in [-0.2, 0) is 11.3 Å². The zero-order valence-corrected chi connectivity index (χ0v) is 18.3. The summed E-state index contributed by atoms with van der Waals surface area (Å²) in [5.41, 5.74) is 11.5. The molecule has 2 aliphatic heterocycles. The van der Waals surface area contributed by atoms with E-state index in [2.05, 4.69) is 16.2 Å². The molecule has 0 aliphatic carbocycles. The minimum atomic E-state index is -0.474. The number of hydrogen-bond acceptors (Lipinski definition) is 5. The Morgan fingerprint density at radius 3 is 2.87 bits per heavy atom. The number of nitrogens with zero attached hydrogens (tertiary/aromatic N) is 4. The number of nitrogen functional groups attached to an aromatic ring is 1. The molecule has 2 aliphatic rings. The lowest BCUT2D eigenvalue weighted by atomic mass is 10.00. The second kappa shape index (κ2) is 7.57. The van der Waals surface area contributed by atoms with Crippen LogP contribution in [0, 0.1) is 5.92 Å². The summed E-state index contributed by atoms with van der Waals surface area (Å²) in [6.07, 6.45) is 3.98. The predicted molar refractivity (Wildman–Crippen MR) is 122 cm³/mol. The van der Waals surface area contributed by atoms with Gasteiger partial charge in [0.25, 0.3) is 5.91 Å². The molecule has 0 bridgehead atoms. The monoisotopic (exact) mass is 419 g/mol. The van der Waals surface area contributed by atoms with Gasteiger partial charge in [-0.1, -0.05) is 6.92 Å². The quantitative estimate of drug-likeness (QED) is 0.703. The van der Waals surface area contributed by atoms with Crippen LogP contribution in [0.1, 0.15) is 32.4 Å². The Balaban J connectivity index is 1.61. The molecule has 1 aromatic carbocycles. The van der Waals surface area contributed by atoms with Gasteiger partial charge in [-0.3, -0.25) is 9.69 Å². The van der Waals surface area contributed by atoms with E-state index in [4.69, 9.17) is 15.5 Å². The van der Waals surface area contributed by atoms with Gasteiger partial charge in [-0.25, -0.2) is 4.98 Å². The van der Waals surface area contributed by atoms with Crippen LogP contribution in [0.4, 0.5) is 11.4 Å². The fraction of sp³-hybridized carbons (Fsp3) is 0.417. The van der Waals surface area contributed by atoms with Crippen LogP contribution in [0.3, 0.4) is 0 Å². The first kappa shape index (κ1) is 19.9. The zero-order valence-electron chi connectivity index (χ0n) is 18.3. The largest absolute Gasteiger partial charge is 0.479 e. The van der Waals surface area contributed by atoms with Gasteiger partial charge in [0.2, 0.25) is 0 Å². The maximum atomic E-state index is 12.4. The van der Waals surface area contributed by atoms with Crippen molar-refractivity contribution < 1.29 is 9.53 Å². The van der Waals surface area contributed by atoms with Crippen molar-refractivity contribution in [3.05, 3.63) is 42.2 Å². The van der Waals surface area contributed by atoms with Crippen molar-refractivity contribution in [1.29, 1.82) is 0 Å². The minimum absolute atomic E-state index is 0.0463. The number of benzene rings is 1. The molecule has 2 atom stereocenters. The lowest BCUT2D eigenvalue weighted by Gasteiger charge is -2.31. The lowest BCUT2D eigenvalue weighted by molar-refractivity contribution is -0.125. The van der Waals surface area contributed by atoms with E-state index >= 15 is 0 Å². The number of nitrogens with two attached hydrogens (primary N) is 1. The van der Waals surface area contributed by atoms with Gasteiger partial charge in [-0.05, 0) is 62.6 Å². The number of ether oxygens (including phenoxy) is 1. The maximum absolute atomic E-state index is 12.4. The summed E-state index contributed by atoms with van der Waals surface area (Å²) in [5.74, 6) is 1.37. The van der Waals surface area contributed by atoms with E-state index < -0.39 is 6.10 Å². The molecule has 3 aromatic rings. The Labute approximate surface area is 182 Å². The molecule has 0 saturated carbocycles. The molecule has 0 radical (unpaired) electrons. The maximum Gasteiger partial charge on any atom is 0.267 e. The highest BCUT2D eigenvalue weighted by atomic mass is 16.5. The van der Waals surface area contributed by atoms with E-state index in [0.29, 0.717) is 11.6 Å². The molecule has 31 heavy (non-hydrogen) atoms. The van der Waals surface area contributed by atoms with Gasteiger partial charge in [0.05, 0.1) is 17.1 Å². The number of hydrogen-bond donors (Lipinski definition) is 1. The SMILES string of the molecule is CC1CCCN(Cc2c(-c3ccc4c(c3)N(C)C(=O)C(C)O4)nc3ccc(N)cn23)C1. The second-order valence-electron chi connectivity index (χ2n) is 8.92. The van der Waals surface area contributed by atoms with Gasteiger partial charge in [-0.15, -0.1) is 0 Å². The molecule has 2 N–H and O–H groups in total.